The Balaban J connectivity index is 2.94. The van der Waals surface area contributed by atoms with Gasteiger partial charge in [0, 0.05) is 10.8 Å². The average molecular weight is 189 g/mol. The Kier molecular flexibility index (Phi) is 1.96. The summed E-state index contributed by atoms with van der Waals surface area (Å²) in [7, 11) is 0.844. The number of fused-ring (bicyclic) bond motifs is 1. The van der Waals surface area contributed by atoms with E-state index in [1.54, 1.807) is 24.0 Å². The lowest BCUT2D eigenvalue weighted by molar-refractivity contribution is 0.640. The molecule has 1 aromatic heterocycles. The van der Waals surface area contributed by atoms with E-state index in [1.807, 2.05) is 0 Å². The van der Waals surface area contributed by atoms with Gasteiger partial charge in [0.2, 0.25) is 0 Å². The number of nitrogens with zero attached hydrogens (tertiary/aromatic N) is 1. The van der Waals surface area contributed by atoms with Crippen LogP contribution in [-0.2, 0) is 0 Å². The molecule has 62 valence electrons. The molecule has 13 heavy (non-hydrogen) atoms. The van der Waals surface area contributed by atoms with Crippen molar-refractivity contribution in [2.24, 2.45) is 0 Å². The fourth-order valence-electron chi connectivity index (χ4n) is 1.26. The van der Waals surface area contributed by atoms with E-state index in [0.717, 1.165) is 8.19 Å². The van der Waals surface area contributed by atoms with Crippen molar-refractivity contribution >= 4 is 19.0 Å². The summed E-state index contributed by atoms with van der Waals surface area (Å²) in [6.45, 7) is 0. The topological polar surface area (TPSA) is 23.8 Å². The Morgan fingerprint density at radius 1 is 1.23 bits per heavy atom. The molecule has 0 aliphatic heterocycles. The number of nitriles is 1. The van der Waals surface area contributed by atoms with Gasteiger partial charge in [-0.3, -0.25) is 0 Å². The van der Waals surface area contributed by atoms with Crippen LogP contribution in [0.2, 0.25) is 0 Å². The maximum absolute atomic E-state index is 13.2. The molecule has 0 radical (unpaired) electrons. The van der Waals surface area contributed by atoms with E-state index in [2.05, 4.69) is 6.07 Å². The molecule has 1 heterocycles. The largest absolute Gasteiger partial charge is 0.206 e. The van der Waals surface area contributed by atoms with Crippen LogP contribution in [0.25, 0.3) is 10.8 Å². The first-order valence-corrected chi connectivity index (χ1v) is 4.72. The molecule has 1 aromatic carbocycles. The van der Waals surface area contributed by atoms with Crippen LogP contribution in [0.4, 0.5) is 4.39 Å². The zero-order chi connectivity index (χ0) is 9.26. The maximum Gasteiger partial charge on any atom is 0.131 e. The fraction of sp³-hybridized carbons (Fsp3) is 0. The van der Waals surface area contributed by atoms with Crippen molar-refractivity contribution in [3.8, 4) is 6.07 Å². The van der Waals surface area contributed by atoms with Crippen LogP contribution < -0.4 is 0 Å². The Labute approximate surface area is 76.5 Å². The first-order valence-electron chi connectivity index (χ1n) is 3.76. The lowest BCUT2D eigenvalue weighted by Gasteiger charge is -1.98. The molecule has 0 unspecified atom stereocenters. The smallest absolute Gasteiger partial charge is 0.131 e. The molecule has 2 rings (SSSR count). The van der Waals surface area contributed by atoms with E-state index in [4.69, 9.17) is 5.26 Å². The molecule has 0 saturated heterocycles. The van der Waals surface area contributed by atoms with Gasteiger partial charge >= 0.3 is 0 Å². The Bertz CT molecular complexity index is 502. The molecule has 0 amide bonds. The molecule has 2 aromatic rings. The van der Waals surface area contributed by atoms with Crippen LogP contribution in [0.1, 0.15) is 5.30 Å². The third-order valence-electron chi connectivity index (χ3n) is 1.86. The van der Waals surface area contributed by atoms with Crippen molar-refractivity contribution in [3.63, 3.8) is 0 Å². The van der Waals surface area contributed by atoms with Crippen LogP contribution in [0, 0.1) is 17.1 Å². The molecule has 0 bridgehead atoms. The Morgan fingerprint density at radius 2 is 2.08 bits per heavy atom. The third-order valence-corrected chi connectivity index (χ3v) is 2.76. The molecular formula is C10H5FNP. The van der Waals surface area contributed by atoms with Crippen LogP contribution in [0.5, 0.6) is 0 Å². The second-order valence-corrected chi connectivity index (χ2v) is 3.61. The SMILES string of the molecule is N#Cc1pccc2c(F)cccc12. The summed E-state index contributed by atoms with van der Waals surface area (Å²) in [6.07, 6.45) is 0. The minimum Gasteiger partial charge on any atom is -0.206 e. The van der Waals surface area contributed by atoms with Crippen molar-refractivity contribution < 1.29 is 4.39 Å². The van der Waals surface area contributed by atoms with Gasteiger partial charge in [-0.05, 0) is 17.9 Å². The molecule has 1 nitrogen and oxygen atoms in total. The molecule has 3 heteroatoms. The summed E-state index contributed by atoms with van der Waals surface area (Å²) >= 11 is 0. The Hall–Kier alpha value is -1.45. The van der Waals surface area contributed by atoms with Crippen molar-refractivity contribution in [1.29, 1.82) is 5.26 Å². The van der Waals surface area contributed by atoms with E-state index in [-0.39, 0.29) is 5.82 Å². The second kappa shape index (κ2) is 3.12. The highest BCUT2D eigenvalue weighted by molar-refractivity contribution is 7.31. The molecule has 0 aliphatic carbocycles. The van der Waals surface area contributed by atoms with E-state index in [1.165, 1.54) is 6.07 Å². The van der Waals surface area contributed by atoms with E-state index in [9.17, 15) is 4.39 Å². The average Bonchev–Trinajstić information content (AvgIpc) is 2.18. The summed E-state index contributed by atoms with van der Waals surface area (Å²) in [4.78, 5) is 0. The first kappa shape index (κ1) is 8.16. The minimum absolute atomic E-state index is 0.267. The summed E-state index contributed by atoms with van der Waals surface area (Å²) in [6, 6.07) is 8.59. The molecule has 0 saturated carbocycles. The molecule has 0 spiro atoms. The molecule has 0 fully saturated rings. The van der Waals surface area contributed by atoms with Crippen LogP contribution in [0.15, 0.2) is 30.1 Å². The maximum atomic E-state index is 13.2. The number of halogens is 1. The number of rotatable bonds is 0. The van der Waals surface area contributed by atoms with Crippen molar-refractivity contribution in [3.05, 3.63) is 41.2 Å². The van der Waals surface area contributed by atoms with Gasteiger partial charge in [0.25, 0.3) is 0 Å². The van der Waals surface area contributed by atoms with Gasteiger partial charge in [0.05, 0.1) is 5.30 Å². The van der Waals surface area contributed by atoms with E-state index in [0.29, 0.717) is 16.1 Å². The third kappa shape index (κ3) is 1.28. The number of benzene rings is 1. The van der Waals surface area contributed by atoms with Crippen molar-refractivity contribution in [2.75, 3.05) is 0 Å². The number of hydrogen-bond acceptors (Lipinski definition) is 1. The molecule has 0 aliphatic rings. The van der Waals surface area contributed by atoms with Gasteiger partial charge in [-0.2, -0.15) is 5.26 Å². The molecule has 0 atom stereocenters. The van der Waals surface area contributed by atoms with Crippen LogP contribution in [0.3, 0.4) is 0 Å². The predicted octanol–water partition coefficient (Wildman–Crippen LogP) is 3.43. The first-order chi connectivity index (χ1) is 6.33. The normalized spacial score (nSPS) is 10.5. The van der Waals surface area contributed by atoms with Gasteiger partial charge in [0.15, 0.2) is 0 Å². The van der Waals surface area contributed by atoms with Crippen molar-refractivity contribution in [2.45, 2.75) is 0 Å². The predicted molar refractivity (Wildman–Crippen MR) is 51.1 cm³/mol. The Morgan fingerprint density at radius 3 is 2.85 bits per heavy atom. The highest BCUT2D eigenvalue weighted by Gasteiger charge is 2.03. The minimum atomic E-state index is -0.267. The molecule has 0 N–H and O–H groups in total. The second-order valence-electron chi connectivity index (χ2n) is 2.61. The number of hydrogen-bond donors (Lipinski definition) is 0. The highest BCUT2D eigenvalue weighted by Crippen LogP contribution is 2.26. The van der Waals surface area contributed by atoms with Crippen molar-refractivity contribution in [1.82, 2.24) is 0 Å². The summed E-state index contributed by atoms with van der Waals surface area (Å²) in [5.41, 5.74) is 0. The van der Waals surface area contributed by atoms with Gasteiger partial charge in [-0.25, -0.2) is 4.39 Å². The van der Waals surface area contributed by atoms with Gasteiger partial charge in [-0.15, -0.1) is 0 Å². The van der Waals surface area contributed by atoms with E-state index >= 15 is 0 Å². The summed E-state index contributed by atoms with van der Waals surface area (Å²) in [5, 5.41) is 10.6. The van der Waals surface area contributed by atoms with Crippen LogP contribution >= 0.6 is 8.19 Å². The van der Waals surface area contributed by atoms with E-state index < -0.39 is 0 Å². The lowest BCUT2D eigenvalue weighted by atomic mass is 10.1. The summed E-state index contributed by atoms with van der Waals surface area (Å²) in [5.74, 6) is 1.51. The zero-order valence-electron chi connectivity index (χ0n) is 6.66. The van der Waals surface area contributed by atoms with Crippen LogP contribution in [-0.4, -0.2) is 0 Å². The zero-order valence-corrected chi connectivity index (χ0v) is 7.55. The van der Waals surface area contributed by atoms with Gasteiger partial charge < -0.3 is 0 Å². The highest BCUT2D eigenvalue weighted by atomic mass is 31.0. The standard InChI is InChI=1S/C10H5FNP/c11-9-3-1-2-8-7(9)4-5-13-10(8)6-12/h1-5H. The lowest BCUT2D eigenvalue weighted by Crippen LogP contribution is -1.79. The quantitative estimate of drug-likeness (QED) is 0.622. The fourth-order valence-corrected chi connectivity index (χ4v) is 2.02. The monoisotopic (exact) mass is 189 g/mol. The molecular weight excluding hydrogens is 184 g/mol. The summed E-state index contributed by atoms with van der Waals surface area (Å²) < 4.78 is 13.2. The van der Waals surface area contributed by atoms with Gasteiger partial charge in [-0.1, -0.05) is 20.3 Å². The van der Waals surface area contributed by atoms with Gasteiger partial charge in [0.1, 0.15) is 11.9 Å².